The maximum Gasteiger partial charge on any atom is 0.125 e. The van der Waals surface area contributed by atoms with Crippen LogP contribution in [0.1, 0.15) is 11.1 Å². The third-order valence-electron chi connectivity index (χ3n) is 1.72. The summed E-state index contributed by atoms with van der Waals surface area (Å²) in [7, 11) is 0. The maximum atomic E-state index is 10.1. The van der Waals surface area contributed by atoms with Gasteiger partial charge in [-0.25, -0.2) is 4.79 Å². The summed E-state index contributed by atoms with van der Waals surface area (Å²) in [5.41, 5.74) is 2.83. The Balaban J connectivity index is 3.11. The number of hydrogen-bond acceptors (Lipinski definition) is 1. The smallest absolute Gasteiger partial charge is 0.125 e. The summed E-state index contributed by atoms with van der Waals surface area (Å²) in [6.45, 7) is 5.74. The first-order valence-corrected chi connectivity index (χ1v) is 3.71. The molecule has 1 nitrogen and oxygen atoms in total. The Labute approximate surface area is 72.0 Å². The Morgan fingerprint density at radius 2 is 2.17 bits per heavy atom. The number of aryl methyl sites for hydroxylation is 1. The monoisotopic (exact) mass is 158 g/mol. The van der Waals surface area contributed by atoms with Crippen LogP contribution in [-0.4, -0.2) is 5.94 Å². The van der Waals surface area contributed by atoms with Gasteiger partial charge in [0.1, 0.15) is 5.94 Å². The molecule has 0 heterocycles. The predicted molar refractivity (Wildman–Crippen MR) is 50.5 cm³/mol. The minimum Gasteiger partial charge on any atom is -0.233 e. The maximum absolute atomic E-state index is 10.1. The Morgan fingerprint density at radius 1 is 1.50 bits per heavy atom. The minimum absolute atomic E-state index is 0.711. The van der Waals surface area contributed by atoms with Crippen LogP contribution in [0.15, 0.2) is 36.9 Å². The lowest BCUT2D eigenvalue weighted by Gasteiger charge is -2.02. The fraction of sp³-hybridized carbons (Fsp3) is 0.0909. The molecule has 0 spiro atoms. The molecular weight excluding hydrogens is 148 g/mol. The van der Waals surface area contributed by atoms with Crippen LogP contribution >= 0.6 is 0 Å². The molecule has 12 heavy (non-hydrogen) atoms. The van der Waals surface area contributed by atoms with Gasteiger partial charge in [-0.05, 0) is 23.6 Å². The molecule has 0 atom stereocenters. The number of rotatable bonds is 2. The third-order valence-corrected chi connectivity index (χ3v) is 1.72. The van der Waals surface area contributed by atoms with Crippen LogP contribution in [0.2, 0.25) is 0 Å². The second-order valence-corrected chi connectivity index (χ2v) is 2.60. The van der Waals surface area contributed by atoms with Crippen LogP contribution in [0.5, 0.6) is 0 Å². The van der Waals surface area contributed by atoms with E-state index in [4.69, 9.17) is 0 Å². The molecule has 0 saturated carbocycles. The average molecular weight is 158 g/mol. The number of allylic oxidation sites excluding steroid dienone is 2. The van der Waals surface area contributed by atoms with Gasteiger partial charge in [0.15, 0.2) is 0 Å². The molecule has 0 unspecified atom stereocenters. The highest BCUT2D eigenvalue weighted by atomic mass is 16.1. The summed E-state index contributed by atoms with van der Waals surface area (Å²) in [4.78, 5) is 10.1. The van der Waals surface area contributed by atoms with E-state index in [0.29, 0.717) is 5.57 Å². The molecule has 0 radical (unpaired) electrons. The molecule has 0 aliphatic carbocycles. The van der Waals surface area contributed by atoms with Gasteiger partial charge in [0.25, 0.3) is 0 Å². The van der Waals surface area contributed by atoms with E-state index < -0.39 is 0 Å². The number of benzene rings is 1. The second kappa shape index (κ2) is 3.70. The third kappa shape index (κ3) is 1.71. The summed E-state index contributed by atoms with van der Waals surface area (Å²) in [5.74, 6) is 1.72. The van der Waals surface area contributed by atoms with E-state index in [1.165, 1.54) is 6.08 Å². The van der Waals surface area contributed by atoms with Crippen molar-refractivity contribution in [1.82, 2.24) is 0 Å². The molecule has 0 N–H and O–H groups in total. The lowest BCUT2D eigenvalue weighted by molar-refractivity contribution is 0.569. The van der Waals surface area contributed by atoms with Crippen LogP contribution in [0, 0.1) is 6.92 Å². The molecule has 1 heteroatoms. The van der Waals surface area contributed by atoms with Crippen LogP contribution in [0.25, 0.3) is 5.57 Å². The molecule has 0 bridgehead atoms. The van der Waals surface area contributed by atoms with Gasteiger partial charge in [-0.2, -0.15) is 0 Å². The highest BCUT2D eigenvalue weighted by Crippen LogP contribution is 2.16. The quantitative estimate of drug-likeness (QED) is 0.477. The van der Waals surface area contributed by atoms with Crippen molar-refractivity contribution in [2.45, 2.75) is 6.92 Å². The van der Waals surface area contributed by atoms with Gasteiger partial charge in [-0.15, -0.1) is 0 Å². The summed E-state index contributed by atoms with van der Waals surface area (Å²) < 4.78 is 0. The second-order valence-electron chi connectivity index (χ2n) is 2.60. The van der Waals surface area contributed by atoms with Gasteiger partial charge in [0.2, 0.25) is 0 Å². The van der Waals surface area contributed by atoms with Crippen molar-refractivity contribution in [2.75, 3.05) is 0 Å². The summed E-state index contributed by atoms with van der Waals surface area (Å²) in [6, 6.07) is 7.80. The molecule has 0 amide bonds. The minimum atomic E-state index is 0.711. The first-order chi connectivity index (χ1) is 5.75. The molecule has 60 valence electrons. The summed E-state index contributed by atoms with van der Waals surface area (Å²) in [6.07, 6.45) is 1.35. The van der Waals surface area contributed by atoms with Crippen molar-refractivity contribution in [3.63, 3.8) is 0 Å². The molecule has 0 aromatic heterocycles. The number of carbonyl (C=O) groups excluding carboxylic acids is 1. The van der Waals surface area contributed by atoms with Gasteiger partial charge in [-0.3, -0.25) is 0 Å². The van der Waals surface area contributed by atoms with Gasteiger partial charge in [0, 0.05) is 6.08 Å². The Hall–Kier alpha value is -1.59. The fourth-order valence-electron chi connectivity index (χ4n) is 1.08. The highest BCUT2D eigenvalue weighted by Gasteiger charge is 1.97. The van der Waals surface area contributed by atoms with Crippen LogP contribution in [0.4, 0.5) is 0 Å². The normalized spacial score (nSPS) is 8.75. The zero-order valence-corrected chi connectivity index (χ0v) is 7.00. The first-order valence-electron chi connectivity index (χ1n) is 3.71. The molecule has 0 aliphatic rings. The Morgan fingerprint density at radius 3 is 2.75 bits per heavy atom. The summed E-state index contributed by atoms with van der Waals surface area (Å²) >= 11 is 0. The molecule has 1 rings (SSSR count). The first kappa shape index (κ1) is 8.51. The zero-order chi connectivity index (χ0) is 8.97. The molecule has 1 aromatic rings. The van der Waals surface area contributed by atoms with E-state index in [1.807, 2.05) is 31.2 Å². The van der Waals surface area contributed by atoms with E-state index in [0.717, 1.165) is 11.1 Å². The van der Waals surface area contributed by atoms with Crippen molar-refractivity contribution in [2.24, 2.45) is 0 Å². The Kier molecular flexibility index (Phi) is 2.62. The van der Waals surface area contributed by atoms with Gasteiger partial charge in [0.05, 0.1) is 0 Å². The van der Waals surface area contributed by atoms with Crippen LogP contribution in [-0.2, 0) is 4.79 Å². The van der Waals surface area contributed by atoms with Crippen LogP contribution < -0.4 is 0 Å². The van der Waals surface area contributed by atoms with E-state index in [2.05, 4.69) is 6.58 Å². The average Bonchev–Trinajstić information content (AvgIpc) is 2.05. The predicted octanol–water partition coefficient (Wildman–Crippen LogP) is 2.40. The number of hydrogen-bond donors (Lipinski definition) is 0. The van der Waals surface area contributed by atoms with E-state index in [9.17, 15) is 4.79 Å². The standard InChI is InChI=1S/C11H10O/c1-9-5-3-4-6-11(9)10(2)7-8-12/h3-7H,2H2,1H3. The molecule has 0 fully saturated rings. The van der Waals surface area contributed by atoms with Crippen molar-refractivity contribution in [3.05, 3.63) is 48.0 Å². The van der Waals surface area contributed by atoms with Crippen molar-refractivity contribution in [3.8, 4) is 0 Å². The van der Waals surface area contributed by atoms with E-state index in [-0.39, 0.29) is 0 Å². The Bertz CT molecular complexity index is 344. The largest absolute Gasteiger partial charge is 0.233 e. The van der Waals surface area contributed by atoms with Gasteiger partial charge < -0.3 is 0 Å². The highest BCUT2D eigenvalue weighted by molar-refractivity contribution is 5.80. The molecule has 0 aliphatic heterocycles. The topological polar surface area (TPSA) is 17.1 Å². The lowest BCUT2D eigenvalue weighted by atomic mass is 10.0. The zero-order valence-electron chi connectivity index (χ0n) is 7.00. The molecule has 0 saturated heterocycles. The van der Waals surface area contributed by atoms with Crippen LogP contribution in [0.3, 0.4) is 0 Å². The van der Waals surface area contributed by atoms with E-state index >= 15 is 0 Å². The fourth-order valence-corrected chi connectivity index (χ4v) is 1.08. The van der Waals surface area contributed by atoms with Crippen molar-refractivity contribution in [1.29, 1.82) is 0 Å². The SMILES string of the molecule is C=C(C=C=O)c1ccccc1C. The van der Waals surface area contributed by atoms with Gasteiger partial charge in [-0.1, -0.05) is 30.8 Å². The molecular formula is C11H10O. The van der Waals surface area contributed by atoms with Crippen molar-refractivity contribution < 1.29 is 4.79 Å². The summed E-state index contributed by atoms with van der Waals surface area (Å²) in [5, 5.41) is 0. The molecule has 1 aromatic carbocycles. The van der Waals surface area contributed by atoms with Gasteiger partial charge >= 0.3 is 0 Å². The van der Waals surface area contributed by atoms with E-state index in [1.54, 1.807) is 5.94 Å². The van der Waals surface area contributed by atoms with Crippen molar-refractivity contribution >= 4 is 11.5 Å². The lowest BCUT2D eigenvalue weighted by Crippen LogP contribution is -1.83.